The van der Waals surface area contributed by atoms with E-state index in [9.17, 15) is 19.5 Å². The van der Waals surface area contributed by atoms with Gasteiger partial charge in [-0.2, -0.15) is 0 Å². The summed E-state index contributed by atoms with van der Waals surface area (Å²) in [6.07, 6.45) is 2.08. The lowest BCUT2D eigenvalue weighted by atomic mass is 10.1. The van der Waals surface area contributed by atoms with Crippen molar-refractivity contribution in [1.82, 2.24) is 10.2 Å². The quantitative estimate of drug-likeness (QED) is 0.344. The molecule has 0 unspecified atom stereocenters. The summed E-state index contributed by atoms with van der Waals surface area (Å²) in [5.41, 5.74) is 0.579. The Hall–Kier alpha value is -2.85. The molecule has 1 aliphatic rings. The molecule has 3 rings (SSSR count). The van der Waals surface area contributed by atoms with E-state index >= 15 is 0 Å². The Morgan fingerprint density at radius 1 is 1.06 bits per heavy atom. The Labute approximate surface area is 207 Å². The highest BCUT2D eigenvalue weighted by molar-refractivity contribution is 9.11. The fraction of sp³-hybridized carbons (Fsp3) is 0.261. The Kier molecular flexibility index (Phi) is 8.15. The molecule has 1 heterocycles. The zero-order valence-corrected chi connectivity index (χ0v) is 21.2. The van der Waals surface area contributed by atoms with Crippen LogP contribution in [0.1, 0.15) is 31.4 Å². The number of imide groups is 2. The van der Waals surface area contributed by atoms with Crippen LogP contribution in [0.3, 0.4) is 0 Å². The van der Waals surface area contributed by atoms with Crippen LogP contribution < -0.4 is 14.8 Å². The van der Waals surface area contributed by atoms with Gasteiger partial charge in [-0.05, 0) is 65.2 Å². The van der Waals surface area contributed by atoms with Crippen molar-refractivity contribution >= 4 is 55.8 Å². The highest BCUT2D eigenvalue weighted by Gasteiger charge is 2.36. The van der Waals surface area contributed by atoms with Gasteiger partial charge in [0.05, 0.1) is 24.2 Å². The first-order chi connectivity index (χ1) is 15.7. The zero-order valence-electron chi connectivity index (χ0n) is 18.0. The summed E-state index contributed by atoms with van der Waals surface area (Å²) in [6.45, 7) is 4.70. The van der Waals surface area contributed by atoms with E-state index in [1.807, 2.05) is 13.8 Å². The Morgan fingerprint density at radius 2 is 1.82 bits per heavy atom. The minimum Gasteiger partial charge on any atom is -0.506 e. The summed E-state index contributed by atoms with van der Waals surface area (Å²) in [6, 6.07) is 7.50. The van der Waals surface area contributed by atoms with Gasteiger partial charge in [0.15, 0.2) is 11.5 Å². The number of barbiturate groups is 1. The number of ether oxygens (including phenoxy) is 2. The van der Waals surface area contributed by atoms with Crippen molar-refractivity contribution in [3.63, 3.8) is 0 Å². The number of urea groups is 1. The summed E-state index contributed by atoms with van der Waals surface area (Å²) in [7, 11) is 0. The number of nitrogens with one attached hydrogen (secondary N) is 1. The first-order valence-electron chi connectivity index (χ1n) is 10.2. The molecule has 0 atom stereocenters. The second kappa shape index (κ2) is 10.8. The van der Waals surface area contributed by atoms with Gasteiger partial charge in [-0.15, -0.1) is 0 Å². The minimum atomic E-state index is -0.838. The molecule has 174 valence electrons. The van der Waals surface area contributed by atoms with Crippen molar-refractivity contribution in [3.8, 4) is 17.2 Å². The molecule has 2 aromatic rings. The number of hydrogen-bond acceptors (Lipinski definition) is 6. The van der Waals surface area contributed by atoms with Crippen LogP contribution in [0.25, 0.3) is 6.08 Å². The predicted molar refractivity (Wildman–Crippen MR) is 129 cm³/mol. The monoisotopic (exact) mass is 580 g/mol. The van der Waals surface area contributed by atoms with Crippen LogP contribution in [0.15, 0.2) is 44.9 Å². The molecule has 0 spiro atoms. The SMILES string of the molecule is CCCOc1ccc(CN2C(=O)NC(=O)/C(=C\c3cc(Br)cc(Br)c3O)C2=O)cc1OCC. The lowest BCUT2D eigenvalue weighted by Gasteiger charge is -2.26. The van der Waals surface area contributed by atoms with E-state index in [4.69, 9.17) is 9.47 Å². The maximum absolute atomic E-state index is 13.1. The molecule has 0 aliphatic carbocycles. The topological polar surface area (TPSA) is 105 Å². The molecule has 0 bridgehead atoms. The number of carbonyl (C=O) groups is 3. The first kappa shape index (κ1) is 24.8. The number of aromatic hydroxyl groups is 1. The molecule has 0 saturated carbocycles. The number of rotatable bonds is 8. The Balaban J connectivity index is 1.91. The van der Waals surface area contributed by atoms with E-state index in [2.05, 4.69) is 37.2 Å². The fourth-order valence-electron chi connectivity index (χ4n) is 3.12. The van der Waals surface area contributed by atoms with Gasteiger partial charge in [0.25, 0.3) is 11.8 Å². The van der Waals surface area contributed by atoms with E-state index < -0.39 is 17.8 Å². The molecule has 8 nitrogen and oxygen atoms in total. The van der Waals surface area contributed by atoms with Crippen LogP contribution in [-0.4, -0.2) is 41.1 Å². The van der Waals surface area contributed by atoms with Gasteiger partial charge in [-0.3, -0.25) is 19.8 Å². The number of benzene rings is 2. The molecule has 1 fully saturated rings. The van der Waals surface area contributed by atoms with Crippen LogP contribution in [0, 0.1) is 0 Å². The maximum Gasteiger partial charge on any atom is 0.331 e. The van der Waals surface area contributed by atoms with Crippen LogP contribution in [0.5, 0.6) is 17.2 Å². The molecule has 0 aromatic heterocycles. The van der Waals surface area contributed by atoms with Gasteiger partial charge in [0, 0.05) is 10.0 Å². The van der Waals surface area contributed by atoms with E-state index in [-0.39, 0.29) is 23.4 Å². The lowest BCUT2D eigenvalue weighted by molar-refractivity contribution is -0.130. The smallest absolute Gasteiger partial charge is 0.331 e. The summed E-state index contributed by atoms with van der Waals surface area (Å²) in [4.78, 5) is 38.8. The van der Waals surface area contributed by atoms with E-state index in [0.29, 0.717) is 39.2 Å². The van der Waals surface area contributed by atoms with E-state index in [1.54, 1.807) is 30.3 Å². The first-order valence-corrected chi connectivity index (χ1v) is 11.8. The summed E-state index contributed by atoms with van der Waals surface area (Å²) < 4.78 is 12.3. The molecule has 2 aromatic carbocycles. The number of halogens is 2. The highest BCUT2D eigenvalue weighted by atomic mass is 79.9. The van der Waals surface area contributed by atoms with Crippen molar-refractivity contribution in [1.29, 1.82) is 0 Å². The Morgan fingerprint density at radius 3 is 2.52 bits per heavy atom. The molecule has 10 heteroatoms. The summed E-state index contributed by atoms with van der Waals surface area (Å²) >= 11 is 6.52. The molecule has 33 heavy (non-hydrogen) atoms. The van der Waals surface area contributed by atoms with Crippen LogP contribution in [0.4, 0.5) is 4.79 Å². The average molecular weight is 582 g/mol. The number of nitrogens with zero attached hydrogens (tertiary/aromatic N) is 1. The molecule has 1 aliphatic heterocycles. The molecule has 4 amide bonds. The third-order valence-electron chi connectivity index (χ3n) is 4.65. The number of amides is 4. The summed E-state index contributed by atoms with van der Waals surface area (Å²) in [5, 5.41) is 12.5. The normalized spacial score (nSPS) is 15.1. The Bertz CT molecular complexity index is 1130. The minimum absolute atomic E-state index is 0.0857. The van der Waals surface area contributed by atoms with Crippen LogP contribution in [-0.2, 0) is 16.1 Å². The van der Waals surface area contributed by atoms with E-state index in [0.717, 1.165) is 11.3 Å². The van der Waals surface area contributed by atoms with Crippen LogP contribution >= 0.6 is 31.9 Å². The van der Waals surface area contributed by atoms with Gasteiger partial charge in [-0.25, -0.2) is 4.79 Å². The largest absolute Gasteiger partial charge is 0.506 e. The van der Waals surface area contributed by atoms with Crippen LogP contribution in [0.2, 0.25) is 0 Å². The number of phenols is 1. The molecular formula is C23H22Br2N2O6. The van der Waals surface area contributed by atoms with Gasteiger partial charge in [-0.1, -0.05) is 28.9 Å². The predicted octanol–water partition coefficient (Wildman–Crippen LogP) is 4.77. The number of hydrogen-bond donors (Lipinski definition) is 2. The highest BCUT2D eigenvalue weighted by Crippen LogP contribution is 2.34. The summed E-state index contributed by atoms with van der Waals surface area (Å²) in [5.74, 6) is -0.676. The van der Waals surface area contributed by atoms with Gasteiger partial charge < -0.3 is 14.6 Å². The zero-order chi connectivity index (χ0) is 24.1. The van der Waals surface area contributed by atoms with E-state index in [1.165, 1.54) is 6.08 Å². The van der Waals surface area contributed by atoms with Crippen molar-refractivity contribution in [3.05, 3.63) is 56.0 Å². The third-order valence-corrected chi connectivity index (χ3v) is 5.72. The van der Waals surface area contributed by atoms with Gasteiger partial charge in [0.2, 0.25) is 0 Å². The molecule has 1 saturated heterocycles. The van der Waals surface area contributed by atoms with Gasteiger partial charge in [0.1, 0.15) is 11.3 Å². The van der Waals surface area contributed by atoms with Crippen molar-refractivity contribution < 1.29 is 29.0 Å². The molecule has 2 N–H and O–H groups in total. The fourth-order valence-corrected chi connectivity index (χ4v) is 4.38. The second-order valence-corrected chi connectivity index (χ2v) is 8.87. The average Bonchev–Trinajstić information content (AvgIpc) is 2.77. The molecular weight excluding hydrogens is 560 g/mol. The second-order valence-electron chi connectivity index (χ2n) is 7.10. The standard InChI is InChI=1S/C23H22Br2N2O6/c1-3-7-33-18-6-5-13(8-19(18)32-4-2)12-27-22(30)16(21(29)26-23(27)31)10-14-9-15(24)11-17(25)20(14)28/h5-6,8-11,28H,3-4,7,12H2,1-2H3,(H,26,29,31)/b16-10+. The number of carbonyl (C=O) groups excluding carboxylic acids is 3. The number of phenolic OH excluding ortho intramolecular Hbond substituents is 1. The molecule has 0 radical (unpaired) electrons. The van der Waals surface area contributed by atoms with Crippen molar-refractivity contribution in [2.24, 2.45) is 0 Å². The van der Waals surface area contributed by atoms with Crippen molar-refractivity contribution in [2.75, 3.05) is 13.2 Å². The lowest BCUT2D eigenvalue weighted by Crippen LogP contribution is -2.53. The van der Waals surface area contributed by atoms with Gasteiger partial charge >= 0.3 is 6.03 Å². The van der Waals surface area contributed by atoms with Crippen molar-refractivity contribution in [2.45, 2.75) is 26.8 Å². The third kappa shape index (κ3) is 5.75. The maximum atomic E-state index is 13.1.